The highest BCUT2D eigenvalue weighted by atomic mass is 16.2. The van der Waals surface area contributed by atoms with Gasteiger partial charge in [-0.25, -0.2) is 4.79 Å². The number of aryl methyl sites for hydroxylation is 1. The van der Waals surface area contributed by atoms with E-state index in [0.717, 1.165) is 12.8 Å². The maximum absolute atomic E-state index is 13.4. The molecule has 1 spiro atoms. The normalized spacial score (nSPS) is 21.7. The molecule has 1 aromatic heterocycles. The van der Waals surface area contributed by atoms with Crippen molar-refractivity contribution in [3.63, 3.8) is 0 Å². The molecule has 0 N–H and O–H groups in total. The van der Waals surface area contributed by atoms with E-state index in [-0.39, 0.29) is 17.8 Å². The number of rotatable bonds is 7. The average Bonchev–Trinajstić information content (AvgIpc) is 3.34. The molecule has 4 amide bonds. The van der Waals surface area contributed by atoms with Crippen molar-refractivity contribution in [2.24, 2.45) is 11.8 Å². The first-order valence-corrected chi connectivity index (χ1v) is 10.8. The van der Waals surface area contributed by atoms with Crippen LogP contribution < -0.4 is 0 Å². The van der Waals surface area contributed by atoms with Crippen molar-refractivity contribution in [3.05, 3.63) is 18.5 Å². The summed E-state index contributed by atoms with van der Waals surface area (Å²) in [5, 5.41) is 4.14. The van der Waals surface area contributed by atoms with Gasteiger partial charge in [0, 0.05) is 51.5 Å². The van der Waals surface area contributed by atoms with Crippen LogP contribution in [0.4, 0.5) is 4.79 Å². The minimum absolute atomic E-state index is 0.0429. The number of hydrogen-bond acceptors (Lipinski definition) is 4. The summed E-state index contributed by atoms with van der Waals surface area (Å²) in [6.45, 7) is 6.87. The van der Waals surface area contributed by atoms with Crippen LogP contribution in [-0.4, -0.2) is 74.0 Å². The number of nitrogens with zero attached hydrogens (tertiary/aromatic N) is 5. The summed E-state index contributed by atoms with van der Waals surface area (Å²) in [5.74, 6) is 0.803. The molecule has 0 radical (unpaired) electrons. The van der Waals surface area contributed by atoms with Crippen LogP contribution in [0.5, 0.6) is 0 Å². The van der Waals surface area contributed by atoms with Crippen LogP contribution >= 0.6 is 0 Å². The van der Waals surface area contributed by atoms with Crippen LogP contribution in [0.1, 0.15) is 46.0 Å². The Morgan fingerprint density at radius 3 is 2.55 bits per heavy atom. The lowest BCUT2D eigenvalue weighted by molar-refractivity contribution is -0.141. The summed E-state index contributed by atoms with van der Waals surface area (Å²) in [5.41, 5.74) is -0.769. The Labute approximate surface area is 171 Å². The summed E-state index contributed by atoms with van der Waals surface area (Å²) >= 11 is 0. The van der Waals surface area contributed by atoms with E-state index in [1.807, 2.05) is 22.1 Å². The third-order valence-electron chi connectivity index (χ3n) is 6.36. The number of imide groups is 1. The fourth-order valence-corrected chi connectivity index (χ4v) is 4.53. The summed E-state index contributed by atoms with van der Waals surface area (Å²) in [4.78, 5) is 44.2. The first kappa shape index (κ1) is 19.9. The molecular weight excluding hydrogens is 370 g/mol. The Kier molecular flexibility index (Phi) is 5.36. The number of carbonyl (C=O) groups excluding carboxylic acids is 3. The number of piperidine rings is 1. The van der Waals surface area contributed by atoms with Gasteiger partial charge in [-0.2, -0.15) is 5.10 Å². The Hall–Kier alpha value is -2.38. The zero-order valence-corrected chi connectivity index (χ0v) is 17.4. The highest BCUT2D eigenvalue weighted by molar-refractivity contribution is 6.07. The van der Waals surface area contributed by atoms with Gasteiger partial charge in [-0.05, 0) is 43.6 Å². The van der Waals surface area contributed by atoms with Gasteiger partial charge in [0.15, 0.2) is 0 Å². The van der Waals surface area contributed by atoms with Crippen molar-refractivity contribution < 1.29 is 14.4 Å². The lowest BCUT2D eigenvalue weighted by Crippen LogP contribution is -2.58. The lowest BCUT2D eigenvalue weighted by Gasteiger charge is -2.42. The molecule has 0 aromatic carbocycles. The Bertz CT molecular complexity index is 763. The molecule has 158 valence electrons. The van der Waals surface area contributed by atoms with E-state index in [1.165, 1.54) is 4.90 Å². The van der Waals surface area contributed by atoms with Crippen LogP contribution in [0.25, 0.3) is 0 Å². The van der Waals surface area contributed by atoms with Crippen molar-refractivity contribution in [2.45, 2.75) is 58.0 Å². The van der Waals surface area contributed by atoms with Crippen LogP contribution in [0.2, 0.25) is 0 Å². The Balaban J connectivity index is 1.42. The maximum atomic E-state index is 13.4. The van der Waals surface area contributed by atoms with E-state index in [1.54, 1.807) is 10.9 Å². The second kappa shape index (κ2) is 7.80. The molecule has 3 aliphatic rings. The van der Waals surface area contributed by atoms with Gasteiger partial charge in [-0.15, -0.1) is 0 Å². The van der Waals surface area contributed by atoms with Crippen LogP contribution in [-0.2, 0) is 16.1 Å². The van der Waals surface area contributed by atoms with Crippen LogP contribution in [0.3, 0.4) is 0 Å². The lowest BCUT2D eigenvalue weighted by atomic mass is 9.85. The number of urea groups is 1. The van der Waals surface area contributed by atoms with Crippen molar-refractivity contribution in [1.29, 1.82) is 0 Å². The van der Waals surface area contributed by atoms with Crippen LogP contribution in [0, 0.1) is 11.8 Å². The third-order valence-corrected chi connectivity index (χ3v) is 6.36. The molecule has 1 aromatic rings. The topological polar surface area (TPSA) is 78.8 Å². The van der Waals surface area contributed by atoms with E-state index in [9.17, 15) is 14.4 Å². The molecule has 1 saturated carbocycles. The van der Waals surface area contributed by atoms with Crippen molar-refractivity contribution in [1.82, 2.24) is 24.5 Å². The standard InChI is InChI=1S/C21H31N5O3/c1-16(2)14-26-20(29)25(15-17-4-5-17)19(28)21(26)7-12-23(13-8-21)18(27)6-11-24-10-3-9-22-24/h3,9-10,16-17H,4-8,11-15H2,1-2H3. The Morgan fingerprint density at radius 2 is 1.97 bits per heavy atom. The molecule has 2 saturated heterocycles. The predicted octanol–water partition coefficient (Wildman–Crippen LogP) is 1.96. The van der Waals surface area contributed by atoms with Crippen molar-refractivity contribution in [2.75, 3.05) is 26.2 Å². The molecule has 0 atom stereocenters. The average molecular weight is 402 g/mol. The number of aromatic nitrogens is 2. The van der Waals surface area contributed by atoms with Gasteiger partial charge in [0.05, 0.1) is 0 Å². The minimum Gasteiger partial charge on any atom is -0.342 e. The van der Waals surface area contributed by atoms with Crippen LogP contribution in [0.15, 0.2) is 18.5 Å². The molecular formula is C21H31N5O3. The first-order valence-electron chi connectivity index (χ1n) is 10.8. The zero-order valence-electron chi connectivity index (χ0n) is 17.4. The molecule has 2 aliphatic heterocycles. The molecule has 0 unspecified atom stereocenters. The Morgan fingerprint density at radius 1 is 1.24 bits per heavy atom. The van der Waals surface area contributed by atoms with Crippen molar-refractivity contribution in [3.8, 4) is 0 Å². The molecule has 1 aliphatic carbocycles. The number of hydrogen-bond donors (Lipinski definition) is 0. The highest BCUT2D eigenvalue weighted by Crippen LogP contribution is 2.40. The quantitative estimate of drug-likeness (QED) is 0.655. The SMILES string of the molecule is CC(C)CN1C(=O)N(CC2CC2)C(=O)C12CCN(C(=O)CCn1cccn1)CC2. The largest absolute Gasteiger partial charge is 0.342 e. The molecule has 8 heteroatoms. The van der Waals surface area contributed by atoms with Gasteiger partial charge >= 0.3 is 6.03 Å². The summed E-state index contributed by atoms with van der Waals surface area (Å²) < 4.78 is 1.75. The zero-order chi connectivity index (χ0) is 20.6. The van der Waals surface area contributed by atoms with E-state index in [4.69, 9.17) is 0 Å². The summed E-state index contributed by atoms with van der Waals surface area (Å²) in [7, 11) is 0. The highest BCUT2D eigenvalue weighted by Gasteiger charge is 2.58. The number of carbonyl (C=O) groups is 3. The summed E-state index contributed by atoms with van der Waals surface area (Å²) in [6, 6.07) is 1.71. The molecule has 3 fully saturated rings. The smallest absolute Gasteiger partial charge is 0.327 e. The van der Waals surface area contributed by atoms with E-state index in [0.29, 0.717) is 63.8 Å². The molecule has 4 rings (SSSR count). The van der Waals surface area contributed by atoms with Gasteiger partial charge in [-0.3, -0.25) is 19.2 Å². The van der Waals surface area contributed by atoms with E-state index < -0.39 is 5.54 Å². The summed E-state index contributed by atoms with van der Waals surface area (Å²) in [6.07, 6.45) is 7.20. The first-order chi connectivity index (χ1) is 13.9. The second-order valence-electron chi connectivity index (χ2n) is 9.08. The number of amides is 4. The molecule has 29 heavy (non-hydrogen) atoms. The maximum Gasteiger partial charge on any atom is 0.327 e. The predicted molar refractivity (Wildman–Crippen MR) is 107 cm³/mol. The van der Waals surface area contributed by atoms with Gasteiger partial charge in [0.25, 0.3) is 5.91 Å². The van der Waals surface area contributed by atoms with E-state index in [2.05, 4.69) is 18.9 Å². The fourth-order valence-electron chi connectivity index (χ4n) is 4.53. The second-order valence-corrected chi connectivity index (χ2v) is 9.08. The van der Waals surface area contributed by atoms with Crippen molar-refractivity contribution >= 4 is 17.8 Å². The van der Waals surface area contributed by atoms with Gasteiger partial charge in [0.2, 0.25) is 5.91 Å². The van der Waals surface area contributed by atoms with Gasteiger partial charge in [-0.1, -0.05) is 13.8 Å². The third kappa shape index (κ3) is 3.89. The van der Waals surface area contributed by atoms with Gasteiger partial charge in [0.1, 0.15) is 5.54 Å². The van der Waals surface area contributed by atoms with E-state index >= 15 is 0 Å². The molecule has 0 bridgehead atoms. The molecule has 8 nitrogen and oxygen atoms in total. The fraction of sp³-hybridized carbons (Fsp3) is 0.714. The van der Waals surface area contributed by atoms with Gasteiger partial charge < -0.3 is 9.80 Å². The minimum atomic E-state index is -0.769. The number of likely N-dealkylation sites (tertiary alicyclic amines) is 1. The monoisotopic (exact) mass is 401 g/mol. The molecule has 3 heterocycles.